The first kappa shape index (κ1) is 16.9. The van der Waals surface area contributed by atoms with Crippen LogP contribution in [0.5, 0.6) is 0 Å². The van der Waals surface area contributed by atoms with Gasteiger partial charge < -0.3 is 10.2 Å². The van der Waals surface area contributed by atoms with Crippen molar-refractivity contribution >= 4 is 17.4 Å². The summed E-state index contributed by atoms with van der Waals surface area (Å²) < 4.78 is 0. The predicted molar refractivity (Wildman–Crippen MR) is 96.0 cm³/mol. The van der Waals surface area contributed by atoms with Crippen LogP contribution in [-0.2, 0) is 6.42 Å². The minimum Gasteiger partial charge on any atom is -0.329 e. The van der Waals surface area contributed by atoms with E-state index in [1.54, 1.807) is 17.5 Å². The van der Waals surface area contributed by atoms with Gasteiger partial charge in [-0.25, -0.2) is 9.78 Å². The molecule has 0 saturated heterocycles. The van der Waals surface area contributed by atoms with Crippen LogP contribution in [0.4, 0.5) is 4.79 Å². The van der Waals surface area contributed by atoms with E-state index in [4.69, 9.17) is 0 Å². The van der Waals surface area contributed by atoms with Gasteiger partial charge in [0.1, 0.15) is 5.01 Å². The number of aryl methyl sites for hydroxylation is 1. The number of carbonyl (C=O) groups excluding carboxylic acids is 1. The minimum absolute atomic E-state index is 0.0311. The molecule has 2 atom stereocenters. The van der Waals surface area contributed by atoms with Gasteiger partial charge in [0.05, 0.1) is 17.8 Å². The molecule has 5 nitrogen and oxygen atoms in total. The molecular formula is C18H24N4OS. The van der Waals surface area contributed by atoms with Crippen LogP contribution in [0.1, 0.15) is 61.3 Å². The molecule has 2 heterocycles. The maximum atomic E-state index is 12.9. The van der Waals surface area contributed by atoms with Crippen LogP contribution in [0.25, 0.3) is 0 Å². The molecule has 0 aliphatic heterocycles. The molecule has 128 valence electrons. The zero-order chi connectivity index (χ0) is 17.1. The number of amides is 2. The van der Waals surface area contributed by atoms with Gasteiger partial charge in [-0.3, -0.25) is 4.98 Å². The molecule has 0 unspecified atom stereocenters. The zero-order valence-corrected chi connectivity index (χ0v) is 15.2. The van der Waals surface area contributed by atoms with E-state index in [-0.39, 0.29) is 18.1 Å². The van der Waals surface area contributed by atoms with Crippen LogP contribution in [0, 0.1) is 0 Å². The molecule has 1 aliphatic carbocycles. The van der Waals surface area contributed by atoms with E-state index < -0.39 is 0 Å². The highest BCUT2D eigenvalue weighted by Crippen LogP contribution is 2.34. The largest absolute Gasteiger partial charge is 0.329 e. The van der Waals surface area contributed by atoms with Crippen molar-refractivity contribution in [3.8, 4) is 0 Å². The van der Waals surface area contributed by atoms with Gasteiger partial charge >= 0.3 is 6.03 Å². The van der Waals surface area contributed by atoms with Gasteiger partial charge in [-0.1, -0.05) is 13.0 Å². The van der Waals surface area contributed by atoms with Crippen molar-refractivity contribution in [2.24, 2.45) is 0 Å². The second-order valence-corrected chi connectivity index (χ2v) is 7.41. The predicted octanol–water partition coefficient (Wildman–Crippen LogP) is 4.10. The Balaban J connectivity index is 1.70. The van der Waals surface area contributed by atoms with Crippen LogP contribution in [0.15, 0.2) is 30.6 Å². The van der Waals surface area contributed by atoms with Gasteiger partial charge in [0.15, 0.2) is 0 Å². The van der Waals surface area contributed by atoms with Crippen LogP contribution in [0.2, 0.25) is 0 Å². The van der Waals surface area contributed by atoms with Crippen molar-refractivity contribution < 1.29 is 4.79 Å². The number of pyridine rings is 1. The molecule has 3 rings (SSSR count). The van der Waals surface area contributed by atoms with E-state index >= 15 is 0 Å². The summed E-state index contributed by atoms with van der Waals surface area (Å²) in [4.78, 5) is 24.9. The van der Waals surface area contributed by atoms with E-state index in [1.807, 2.05) is 43.1 Å². The monoisotopic (exact) mass is 344 g/mol. The van der Waals surface area contributed by atoms with Crippen molar-refractivity contribution in [3.05, 3.63) is 46.2 Å². The molecule has 0 spiro atoms. The molecule has 0 aromatic carbocycles. The van der Waals surface area contributed by atoms with Crippen LogP contribution >= 0.6 is 11.3 Å². The lowest BCUT2D eigenvalue weighted by atomic mass is 10.2. The number of carbonyl (C=O) groups is 1. The van der Waals surface area contributed by atoms with E-state index in [9.17, 15) is 4.79 Å². The molecule has 6 heteroatoms. The number of aromatic nitrogens is 2. The minimum atomic E-state index is -0.0833. The van der Waals surface area contributed by atoms with Gasteiger partial charge in [0.2, 0.25) is 0 Å². The summed E-state index contributed by atoms with van der Waals surface area (Å²) in [6.45, 7) is 6.15. The average Bonchev–Trinajstić information content (AvgIpc) is 3.30. The molecule has 1 N–H and O–H groups in total. The van der Waals surface area contributed by atoms with E-state index in [0.717, 1.165) is 30.0 Å². The highest BCUT2D eigenvalue weighted by Gasteiger charge is 2.37. The Morgan fingerprint density at radius 3 is 2.75 bits per heavy atom. The lowest BCUT2D eigenvalue weighted by molar-refractivity contribution is 0.170. The van der Waals surface area contributed by atoms with Crippen LogP contribution in [-0.4, -0.2) is 26.9 Å². The average molecular weight is 344 g/mol. The first-order valence-corrected chi connectivity index (χ1v) is 9.36. The number of rotatable bonds is 6. The molecular weight excluding hydrogens is 320 g/mol. The van der Waals surface area contributed by atoms with Gasteiger partial charge in [0, 0.05) is 23.3 Å². The SMILES string of the molecule is CCc1cnc([C@@H](C)NC(=O)N(C2CC2)[C@H](C)c2ccccn2)s1. The first-order chi connectivity index (χ1) is 11.6. The van der Waals surface area contributed by atoms with E-state index in [1.165, 1.54) is 4.88 Å². The highest BCUT2D eigenvalue weighted by atomic mass is 32.1. The molecule has 2 amide bonds. The molecule has 0 radical (unpaired) electrons. The summed E-state index contributed by atoms with van der Waals surface area (Å²) in [7, 11) is 0. The molecule has 1 aliphatic rings. The van der Waals surface area contributed by atoms with E-state index in [0.29, 0.717) is 6.04 Å². The van der Waals surface area contributed by atoms with Gasteiger partial charge in [-0.05, 0) is 45.2 Å². The Morgan fingerprint density at radius 2 is 2.17 bits per heavy atom. The fourth-order valence-corrected chi connectivity index (χ4v) is 3.64. The lowest BCUT2D eigenvalue weighted by Gasteiger charge is -2.30. The van der Waals surface area contributed by atoms with Crippen LogP contribution < -0.4 is 5.32 Å². The molecule has 24 heavy (non-hydrogen) atoms. The third-order valence-corrected chi connectivity index (χ3v) is 5.66. The van der Waals surface area contributed by atoms with Crippen molar-refractivity contribution in [2.45, 2.75) is 58.2 Å². The summed E-state index contributed by atoms with van der Waals surface area (Å²) in [5, 5.41) is 4.07. The summed E-state index contributed by atoms with van der Waals surface area (Å²) in [6.07, 6.45) is 6.78. The fraction of sp³-hybridized carbons (Fsp3) is 0.500. The Bertz CT molecular complexity index is 683. The Morgan fingerprint density at radius 1 is 1.38 bits per heavy atom. The van der Waals surface area contributed by atoms with Crippen molar-refractivity contribution in [3.63, 3.8) is 0 Å². The fourth-order valence-electron chi connectivity index (χ4n) is 2.78. The molecule has 1 saturated carbocycles. The molecule has 1 fully saturated rings. The zero-order valence-electron chi connectivity index (χ0n) is 14.4. The number of nitrogens with one attached hydrogen (secondary N) is 1. The van der Waals surface area contributed by atoms with Gasteiger partial charge in [0.25, 0.3) is 0 Å². The first-order valence-electron chi connectivity index (χ1n) is 8.54. The van der Waals surface area contributed by atoms with Crippen molar-refractivity contribution in [2.75, 3.05) is 0 Å². The van der Waals surface area contributed by atoms with Crippen LogP contribution in [0.3, 0.4) is 0 Å². The standard InChI is InChI=1S/C18H24N4OS/c1-4-15-11-20-17(24-15)12(2)21-18(23)22(14-8-9-14)13(3)16-7-5-6-10-19-16/h5-7,10-14H,4,8-9H2,1-3H3,(H,21,23)/t12-,13-/m1/s1. The number of hydrogen-bond donors (Lipinski definition) is 1. The molecule has 2 aromatic heterocycles. The quantitative estimate of drug-likeness (QED) is 0.858. The number of nitrogens with zero attached hydrogens (tertiary/aromatic N) is 3. The molecule has 2 aromatic rings. The van der Waals surface area contributed by atoms with Crippen molar-refractivity contribution in [1.29, 1.82) is 0 Å². The second-order valence-electron chi connectivity index (χ2n) is 6.26. The maximum absolute atomic E-state index is 12.9. The number of hydrogen-bond acceptors (Lipinski definition) is 4. The summed E-state index contributed by atoms with van der Waals surface area (Å²) in [6, 6.07) is 6.01. The summed E-state index contributed by atoms with van der Waals surface area (Å²) in [5.74, 6) is 0. The summed E-state index contributed by atoms with van der Waals surface area (Å²) in [5.41, 5.74) is 0.926. The molecule has 0 bridgehead atoms. The normalized spacial score (nSPS) is 16.5. The Hall–Kier alpha value is -1.95. The van der Waals surface area contributed by atoms with Gasteiger partial charge in [-0.2, -0.15) is 0 Å². The topological polar surface area (TPSA) is 58.1 Å². The number of urea groups is 1. The second kappa shape index (κ2) is 7.30. The third-order valence-electron chi connectivity index (χ3n) is 4.34. The summed E-state index contributed by atoms with van der Waals surface area (Å²) >= 11 is 1.67. The highest BCUT2D eigenvalue weighted by molar-refractivity contribution is 7.11. The third kappa shape index (κ3) is 3.75. The smallest absolute Gasteiger partial charge is 0.318 e. The number of thiazole rings is 1. The van der Waals surface area contributed by atoms with E-state index in [2.05, 4.69) is 22.2 Å². The lowest BCUT2D eigenvalue weighted by Crippen LogP contribution is -2.43. The van der Waals surface area contributed by atoms with Gasteiger partial charge in [-0.15, -0.1) is 11.3 Å². The maximum Gasteiger partial charge on any atom is 0.318 e. The van der Waals surface area contributed by atoms with Crippen molar-refractivity contribution in [1.82, 2.24) is 20.2 Å². The Labute approximate surface area is 147 Å². The Kier molecular flexibility index (Phi) is 5.14.